The molecule has 0 bridgehead atoms. The third kappa shape index (κ3) is 15.3. The van der Waals surface area contributed by atoms with E-state index in [0.29, 0.717) is 23.7 Å². The van der Waals surface area contributed by atoms with Crippen LogP contribution in [0, 0.1) is 0 Å². The number of carbonyl (C=O) groups excluding carboxylic acids is 1. The molecule has 0 aliphatic carbocycles. The minimum Gasteiger partial charge on any atom is -0.297 e. The molecule has 0 N–H and O–H groups in total. The largest absolute Gasteiger partial charge is 0.297 e. The van der Waals surface area contributed by atoms with Gasteiger partial charge in [-0.1, -0.05) is 184 Å². The first-order chi connectivity index (χ1) is 30.7. The highest BCUT2D eigenvalue weighted by atomic mass is 32.1. The Hall–Kier alpha value is -1.83. The minimum atomic E-state index is 0.447. The number of unbranched alkanes of at least 4 members (excludes halogenated alkanes) is 16. The van der Waals surface area contributed by atoms with Crippen LogP contribution in [0.2, 0.25) is 0 Å². The van der Waals surface area contributed by atoms with Gasteiger partial charge in [0.1, 0.15) is 0 Å². The lowest BCUT2D eigenvalue weighted by atomic mass is 9.92. The van der Waals surface area contributed by atoms with E-state index in [1.807, 2.05) is 34.0 Å². The second-order valence-corrected chi connectivity index (χ2v) is 24.3. The average molecular weight is 946 g/mol. The van der Waals surface area contributed by atoms with E-state index >= 15 is 0 Å². The highest BCUT2D eigenvalue weighted by molar-refractivity contribution is 7.30. The highest BCUT2D eigenvalue weighted by Crippen LogP contribution is 2.52. The molecule has 6 heteroatoms. The van der Waals surface area contributed by atoms with Gasteiger partial charge in [-0.05, 0) is 113 Å². The van der Waals surface area contributed by atoms with Gasteiger partial charge in [-0.3, -0.25) is 4.79 Å². The van der Waals surface area contributed by atoms with E-state index in [1.165, 1.54) is 204 Å². The van der Waals surface area contributed by atoms with Crippen molar-refractivity contribution < 1.29 is 4.79 Å². The fourth-order valence-electron chi connectivity index (χ4n) is 9.52. The molecule has 63 heavy (non-hydrogen) atoms. The number of hydrogen-bond donors (Lipinski definition) is 0. The zero-order valence-corrected chi connectivity index (χ0v) is 44.9. The molecule has 4 unspecified atom stereocenters. The summed E-state index contributed by atoms with van der Waals surface area (Å²) in [6.07, 6.45) is 32.5. The second-order valence-electron chi connectivity index (χ2n) is 19.1. The molecular weight excluding hydrogens is 861 g/mol. The minimum absolute atomic E-state index is 0.447. The van der Waals surface area contributed by atoms with E-state index in [-0.39, 0.29) is 0 Å². The average Bonchev–Trinajstić information content (AvgIpc) is 4.14. The van der Waals surface area contributed by atoms with Gasteiger partial charge in [-0.15, -0.1) is 56.7 Å². The van der Waals surface area contributed by atoms with Crippen LogP contribution in [0.15, 0.2) is 41.8 Å². The van der Waals surface area contributed by atoms with Crippen molar-refractivity contribution in [3.8, 4) is 39.0 Å². The van der Waals surface area contributed by atoms with Gasteiger partial charge >= 0.3 is 0 Å². The van der Waals surface area contributed by atoms with Crippen molar-refractivity contribution in [3.63, 3.8) is 0 Å². The predicted octanol–water partition coefficient (Wildman–Crippen LogP) is 22.3. The van der Waals surface area contributed by atoms with E-state index in [4.69, 9.17) is 0 Å². The van der Waals surface area contributed by atoms with Crippen LogP contribution in [0.3, 0.4) is 0 Å². The molecule has 0 fully saturated rings. The monoisotopic (exact) mass is 945 g/mol. The Balaban J connectivity index is 1.51. The highest BCUT2D eigenvalue weighted by Gasteiger charge is 2.26. The van der Waals surface area contributed by atoms with Gasteiger partial charge in [0, 0.05) is 39.0 Å². The molecule has 348 valence electrons. The number of rotatable bonds is 33. The first kappa shape index (κ1) is 52.1. The molecule has 0 saturated heterocycles. The lowest BCUT2D eigenvalue weighted by molar-refractivity contribution is 0.112. The van der Waals surface area contributed by atoms with E-state index in [1.54, 1.807) is 22.5 Å². The standard InChI is InChI=1S/C57H84OS5/c1-9-13-17-21-25-29-41(5)46-35-36-59-54(46)52-38-48(43(7)31-27-23-19-15-11-3)55(62-52)50-33-34-51(61-50)56-49(44(8)32-28-24-20-16-12-4)39-53(63-56)57-47(37-45(40-58)60-57)42(6)30-26-22-18-14-10-2/h33-44H,9-32H2,1-8H3. The predicted molar refractivity (Wildman–Crippen MR) is 290 cm³/mol. The summed E-state index contributed by atoms with van der Waals surface area (Å²) < 4.78 is 0. The van der Waals surface area contributed by atoms with Crippen molar-refractivity contribution >= 4 is 63.0 Å². The Bertz CT molecular complexity index is 2010. The summed E-state index contributed by atoms with van der Waals surface area (Å²) in [5, 5.41) is 2.35. The molecule has 5 rings (SSSR count). The summed E-state index contributed by atoms with van der Waals surface area (Å²) in [6, 6.07) is 14.7. The first-order valence-electron chi connectivity index (χ1n) is 25.8. The van der Waals surface area contributed by atoms with Crippen molar-refractivity contribution in [1.29, 1.82) is 0 Å². The van der Waals surface area contributed by atoms with E-state index in [0.717, 1.165) is 11.2 Å². The van der Waals surface area contributed by atoms with Gasteiger partial charge < -0.3 is 0 Å². The van der Waals surface area contributed by atoms with Crippen LogP contribution in [-0.2, 0) is 0 Å². The van der Waals surface area contributed by atoms with Gasteiger partial charge in [-0.2, -0.15) is 0 Å². The molecule has 0 radical (unpaired) electrons. The van der Waals surface area contributed by atoms with Gasteiger partial charge in [0.05, 0.1) is 4.88 Å². The van der Waals surface area contributed by atoms with Gasteiger partial charge in [0.15, 0.2) is 6.29 Å². The first-order valence-corrected chi connectivity index (χ1v) is 29.9. The molecule has 0 spiro atoms. The fraction of sp³-hybridized carbons (Fsp3) is 0.632. The molecule has 0 aromatic carbocycles. The molecule has 5 heterocycles. The summed E-state index contributed by atoms with van der Waals surface area (Å²) in [6.45, 7) is 19.1. The van der Waals surface area contributed by atoms with Crippen molar-refractivity contribution in [2.24, 2.45) is 0 Å². The molecule has 5 aromatic rings. The van der Waals surface area contributed by atoms with Gasteiger partial charge in [0.25, 0.3) is 0 Å². The van der Waals surface area contributed by atoms with Crippen LogP contribution in [-0.4, -0.2) is 6.29 Å². The summed E-state index contributed by atoms with van der Waals surface area (Å²) in [5.74, 6) is 2.06. The molecule has 4 atom stereocenters. The lowest BCUT2D eigenvalue weighted by Gasteiger charge is -2.13. The quantitative estimate of drug-likeness (QED) is 0.0303. The molecule has 5 aromatic heterocycles. The van der Waals surface area contributed by atoms with Crippen molar-refractivity contribution in [3.05, 3.63) is 68.9 Å². The zero-order valence-electron chi connectivity index (χ0n) is 40.8. The van der Waals surface area contributed by atoms with Crippen molar-refractivity contribution in [2.45, 2.75) is 233 Å². The third-order valence-corrected chi connectivity index (χ3v) is 19.8. The smallest absolute Gasteiger partial charge is 0.160 e. The Kier molecular flexibility index (Phi) is 23.5. The molecule has 0 saturated carbocycles. The van der Waals surface area contributed by atoms with E-state index < -0.39 is 0 Å². The topological polar surface area (TPSA) is 17.1 Å². The summed E-state index contributed by atoms with van der Waals surface area (Å²) in [4.78, 5) is 24.6. The van der Waals surface area contributed by atoms with E-state index in [9.17, 15) is 4.79 Å². The van der Waals surface area contributed by atoms with Crippen LogP contribution >= 0.6 is 56.7 Å². The Morgan fingerprint density at radius 3 is 1.17 bits per heavy atom. The lowest BCUT2D eigenvalue weighted by Crippen LogP contribution is -1.95. The van der Waals surface area contributed by atoms with E-state index in [2.05, 4.69) is 109 Å². The van der Waals surface area contributed by atoms with Crippen molar-refractivity contribution in [1.82, 2.24) is 0 Å². The normalized spacial score (nSPS) is 13.8. The molecule has 0 aliphatic heterocycles. The number of aldehydes is 1. The van der Waals surface area contributed by atoms with Crippen LogP contribution in [0.1, 0.15) is 265 Å². The molecule has 0 amide bonds. The van der Waals surface area contributed by atoms with Crippen LogP contribution in [0.5, 0.6) is 0 Å². The van der Waals surface area contributed by atoms with Gasteiger partial charge in [0.2, 0.25) is 0 Å². The molecule has 1 nitrogen and oxygen atoms in total. The zero-order chi connectivity index (χ0) is 45.0. The maximum atomic E-state index is 12.3. The van der Waals surface area contributed by atoms with Crippen molar-refractivity contribution in [2.75, 3.05) is 0 Å². The molecular formula is C57H84OS5. The maximum Gasteiger partial charge on any atom is 0.160 e. The fourth-order valence-corrected chi connectivity index (χ4v) is 15.7. The molecule has 0 aliphatic rings. The Labute approximate surface area is 406 Å². The number of hydrogen-bond acceptors (Lipinski definition) is 6. The number of thiophene rings is 5. The summed E-state index contributed by atoms with van der Waals surface area (Å²) >= 11 is 9.77. The van der Waals surface area contributed by atoms with Gasteiger partial charge in [-0.25, -0.2) is 0 Å². The van der Waals surface area contributed by atoms with Crippen LogP contribution in [0.25, 0.3) is 39.0 Å². The van der Waals surface area contributed by atoms with Crippen LogP contribution in [0.4, 0.5) is 0 Å². The maximum absolute atomic E-state index is 12.3. The summed E-state index contributed by atoms with van der Waals surface area (Å²) in [7, 11) is 0. The van der Waals surface area contributed by atoms with Crippen LogP contribution < -0.4 is 0 Å². The number of carbonyl (C=O) groups is 1. The summed E-state index contributed by atoms with van der Waals surface area (Å²) in [5.41, 5.74) is 6.02. The second kappa shape index (κ2) is 28.4. The Morgan fingerprint density at radius 1 is 0.397 bits per heavy atom. The third-order valence-electron chi connectivity index (χ3n) is 13.7. The Morgan fingerprint density at radius 2 is 0.762 bits per heavy atom. The SMILES string of the molecule is CCCCCCCC(C)c1ccsc1-c1cc(C(C)CCCCCCC)c(-c2ccc(-c3sc(-c4sc(C=O)cc4C(C)CCCCCCC)cc3C(C)CCCCCCC)s2)s1.